The van der Waals surface area contributed by atoms with Gasteiger partial charge in [0, 0.05) is 17.5 Å². The van der Waals surface area contributed by atoms with Crippen LogP contribution in [0.4, 0.5) is 5.13 Å². The van der Waals surface area contributed by atoms with Gasteiger partial charge in [-0.2, -0.15) is 0 Å². The topological polar surface area (TPSA) is 102 Å². The second kappa shape index (κ2) is 10.4. The summed E-state index contributed by atoms with van der Waals surface area (Å²) in [5, 5.41) is 17.3. The quantitative estimate of drug-likeness (QED) is 0.445. The maximum atomic E-state index is 12.5. The predicted molar refractivity (Wildman–Crippen MR) is 124 cm³/mol. The number of aromatic nitrogens is 4. The Bertz CT molecular complexity index is 1100. The van der Waals surface area contributed by atoms with Gasteiger partial charge in [0.1, 0.15) is 0 Å². The fourth-order valence-electron chi connectivity index (χ4n) is 2.58. The van der Waals surface area contributed by atoms with Crippen molar-refractivity contribution in [2.75, 3.05) is 5.32 Å². The highest BCUT2D eigenvalue weighted by Gasteiger charge is 2.21. The van der Waals surface area contributed by atoms with Crippen molar-refractivity contribution in [2.24, 2.45) is 0 Å². The molecule has 12 heteroatoms. The van der Waals surface area contributed by atoms with Crippen LogP contribution in [0, 0.1) is 6.92 Å². The molecule has 164 valence electrons. The zero-order valence-corrected chi connectivity index (χ0v) is 20.1. The van der Waals surface area contributed by atoms with Gasteiger partial charge >= 0.3 is 0 Å². The van der Waals surface area contributed by atoms with Gasteiger partial charge in [-0.05, 0) is 39.0 Å². The number of hydrogen-bond donors (Lipinski definition) is 2. The van der Waals surface area contributed by atoms with Crippen molar-refractivity contribution in [3.63, 3.8) is 0 Å². The molecule has 0 fully saturated rings. The summed E-state index contributed by atoms with van der Waals surface area (Å²) in [6.07, 6.45) is 0. The standard InChI is InChI=1S/C19H20Cl2N6O2S2/c1-4-27-15(8-22-17(29)12-5-6-13(20)14(21)7-12)25-26-19(27)31-11(3)16(28)24-18-23-10(2)9-30-18/h5-7,9,11H,4,8H2,1-3H3,(H,22,29)(H,23,24,28)/t11-/m1/s1. The number of nitrogens with one attached hydrogen (secondary N) is 2. The van der Waals surface area contributed by atoms with Crippen molar-refractivity contribution < 1.29 is 9.59 Å². The van der Waals surface area contributed by atoms with E-state index in [-0.39, 0.29) is 18.4 Å². The Labute approximate surface area is 197 Å². The number of rotatable bonds is 8. The largest absolute Gasteiger partial charge is 0.345 e. The third-order valence-electron chi connectivity index (χ3n) is 4.20. The molecule has 1 aromatic carbocycles. The number of thioether (sulfide) groups is 1. The fraction of sp³-hybridized carbons (Fsp3) is 0.316. The lowest BCUT2D eigenvalue weighted by atomic mass is 10.2. The molecule has 8 nitrogen and oxygen atoms in total. The fourth-order valence-corrected chi connectivity index (χ4v) is 4.50. The van der Waals surface area contributed by atoms with E-state index in [0.29, 0.717) is 38.3 Å². The molecule has 0 spiro atoms. The highest BCUT2D eigenvalue weighted by molar-refractivity contribution is 8.00. The van der Waals surface area contributed by atoms with E-state index >= 15 is 0 Å². The Morgan fingerprint density at radius 2 is 2.03 bits per heavy atom. The number of nitrogens with zero attached hydrogens (tertiary/aromatic N) is 4. The van der Waals surface area contributed by atoms with Crippen molar-refractivity contribution in [3.05, 3.63) is 50.7 Å². The number of anilines is 1. The molecule has 0 unspecified atom stereocenters. The first-order valence-electron chi connectivity index (χ1n) is 9.33. The van der Waals surface area contributed by atoms with Crippen molar-refractivity contribution >= 4 is 63.2 Å². The highest BCUT2D eigenvalue weighted by atomic mass is 35.5. The van der Waals surface area contributed by atoms with Gasteiger partial charge in [-0.15, -0.1) is 21.5 Å². The normalized spacial score (nSPS) is 11.9. The number of hydrogen-bond acceptors (Lipinski definition) is 7. The van der Waals surface area contributed by atoms with Crippen LogP contribution in [0.3, 0.4) is 0 Å². The van der Waals surface area contributed by atoms with Gasteiger partial charge in [-0.25, -0.2) is 4.98 Å². The van der Waals surface area contributed by atoms with Gasteiger partial charge in [0.15, 0.2) is 16.1 Å². The van der Waals surface area contributed by atoms with E-state index in [2.05, 4.69) is 25.8 Å². The third kappa shape index (κ3) is 5.97. The smallest absolute Gasteiger partial charge is 0.251 e. The molecule has 2 amide bonds. The van der Waals surface area contributed by atoms with Crippen LogP contribution in [0.5, 0.6) is 0 Å². The van der Waals surface area contributed by atoms with Crippen LogP contribution in [-0.4, -0.2) is 36.8 Å². The van der Waals surface area contributed by atoms with E-state index in [9.17, 15) is 9.59 Å². The van der Waals surface area contributed by atoms with E-state index in [1.807, 2.05) is 23.8 Å². The molecule has 0 radical (unpaired) electrons. The molecular weight excluding hydrogens is 479 g/mol. The van der Waals surface area contributed by atoms with Crippen molar-refractivity contribution in [3.8, 4) is 0 Å². The molecule has 0 saturated carbocycles. The number of amides is 2. The minimum atomic E-state index is -0.405. The monoisotopic (exact) mass is 498 g/mol. The Balaban J connectivity index is 1.62. The molecule has 31 heavy (non-hydrogen) atoms. The molecule has 0 saturated heterocycles. The van der Waals surface area contributed by atoms with Crippen LogP contribution in [-0.2, 0) is 17.9 Å². The number of thiazole rings is 1. The Hall–Kier alpha value is -2.14. The molecule has 0 aliphatic heterocycles. The van der Waals surface area contributed by atoms with E-state index < -0.39 is 5.25 Å². The summed E-state index contributed by atoms with van der Waals surface area (Å²) in [6.45, 7) is 6.38. The summed E-state index contributed by atoms with van der Waals surface area (Å²) in [6, 6.07) is 4.68. The molecule has 3 aromatic rings. The third-order valence-corrected chi connectivity index (χ3v) is 6.89. The molecule has 2 aromatic heterocycles. The lowest BCUT2D eigenvalue weighted by molar-refractivity contribution is -0.115. The van der Waals surface area contributed by atoms with Crippen LogP contribution < -0.4 is 10.6 Å². The van der Waals surface area contributed by atoms with Gasteiger partial charge in [0.25, 0.3) is 5.91 Å². The summed E-state index contributed by atoms with van der Waals surface area (Å²) in [5.74, 6) is 0.117. The van der Waals surface area contributed by atoms with Crippen LogP contribution in [0.1, 0.15) is 35.7 Å². The second-order valence-electron chi connectivity index (χ2n) is 6.50. The first kappa shape index (κ1) is 23.5. The Kier molecular flexibility index (Phi) is 7.93. The van der Waals surface area contributed by atoms with Gasteiger partial charge in [0.2, 0.25) is 5.91 Å². The van der Waals surface area contributed by atoms with Crippen LogP contribution in [0.25, 0.3) is 0 Å². The second-order valence-corrected chi connectivity index (χ2v) is 9.48. The van der Waals surface area contributed by atoms with E-state index in [0.717, 1.165) is 5.69 Å². The average Bonchev–Trinajstić information content (AvgIpc) is 3.33. The predicted octanol–water partition coefficient (Wildman–Crippen LogP) is 4.42. The lowest BCUT2D eigenvalue weighted by Crippen LogP contribution is -2.25. The summed E-state index contributed by atoms with van der Waals surface area (Å²) in [5.41, 5.74) is 1.26. The Morgan fingerprint density at radius 3 is 2.68 bits per heavy atom. The zero-order chi connectivity index (χ0) is 22.5. The Morgan fingerprint density at radius 1 is 1.26 bits per heavy atom. The average molecular weight is 499 g/mol. The van der Waals surface area contributed by atoms with Gasteiger partial charge < -0.3 is 15.2 Å². The molecular formula is C19H20Cl2N6O2S2. The SMILES string of the molecule is CCn1c(CNC(=O)c2ccc(Cl)c(Cl)c2)nnc1S[C@H](C)C(=O)Nc1nc(C)cs1. The molecule has 0 aliphatic carbocycles. The summed E-state index contributed by atoms with van der Waals surface area (Å²) >= 11 is 14.5. The van der Waals surface area contributed by atoms with E-state index in [4.69, 9.17) is 23.2 Å². The van der Waals surface area contributed by atoms with Crippen molar-refractivity contribution in [2.45, 2.75) is 44.3 Å². The maximum absolute atomic E-state index is 12.5. The maximum Gasteiger partial charge on any atom is 0.251 e. The van der Waals surface area contributed by atoms with Gasteiger partial charge in [-0.1, -0.05) is 35.0 Å². The summed E-state index contributed by atoms with van der Waals surface area (Å²) in [4.78, 5) is 29.1. The molecule has 0 aliphatic rings. The van der Waals surface area contributed by atoms with Crippen LogP contribution in [0.2, 0.25) is 10.0 Å². The molecule has 2 N–H and O–H groups in total. The first-order valence-corrected chi connectivity index (χ1v) is 11.8. The number of carbonyl (C=O) groups is 2. The first-order chi connectivity index (χ1) is 14.8. The minimum Gasteiger partial charge on any atom is -0.345 e. The zero-order valence-electron chi connectivity index (χ0n) is 17.0. The molecule has 2 heterocycles. The van der Waals surface area contributed by atoms with Crippen molar-refractivity contribution in [1.82, 2.24) is 25.1 Å². The molecule has 1 atom stereocenters. The molecule has 3 rings (SSSR count). The minimum absolute atomic E-state index is 0.167. The van der Waals surface area contributed by atoms with E-state index in [1.54, 1.807) is 19.1 Å². The molecule has 0 bridgehead atoms. The lowest BCUT2D eigenvalue weighted by Gasteiger charge is -2.12. The van der Waals surface area contributed by atoms with Crippen molar-refractivity contribution in [1.29, 1.82) is 0 Å². The summed E-state index contributed by atoms with van der Waals surface area (Å²) < 4.78 is 1.86. The number of halogens is 2. The number of carbonyl (C=O) groups excluding carboxylic acids is 2. The highest BCUT2D eigenvalue weighted by Crippen LogP contribution is 2.25. The summed E-state index contributed by atoms with van der Waals surface area (Å²) in [7, 11) is 0. The van der Waals surface area contributed by atoms with Crippen LogP contribution in [0.15, 0.2) is 28.7 Å². The van der Waals surface area contributed by atoms with E-state index in [1.165, 1.54) is 29.2 Å². The number of benzene rings is 1. The van der Waals surface area contributed by atoms with Gasteiger partial charge in [0.05, 0.1) is 27.5 Å². The number of aryl methyl sites for hydroxylation is 1. The van der Waals surface area contributed by atoms with Gasteiger partial charge in [-0.3, -0.25) is 9.59 Å². The van der Waals surface area contributed by atoms with Crippen LogP contribution >= 0.6 is 46.3 Å².